The Balaban J connectivity index is 1.77. The fourth-order valence-electron chi connectivity index (χ4n) is 2.51. The lowest BCUT2D eigenvalue weighted by molar-refractivity contribution is -0.122. The van der Waals surface area contributed by atoms with Crippen molar-refractivity contribution >= 4 is 16.7 Å². The molecule has 2 aromatic rings. The van der Waals surface area contributed by atoms with Crippen molar-refractivity contribution in [2.24, 2.45) is 5.92 Å². The first-order valence-corrected chi connectivity index (χ1v) is 7.53. The Labute approximate surface area is 125 Å². The third-order valence-corrected chi connectivity index (χ3v) is 4.23. The molecule has 3 heteroatoms. The maximum Gasteiger partial charge on any atom is 0.227 e. The Bertz CT molecular complexity index is 661. The van der Waals surface area contributed by atoms with Crippen molar-refractivity contribution < 1.29 is 9.53 Å². The minimum atomic E-state index is -0.116. The Morgan fingerprint density at radius 1 is 1.24 bits per heavy atom. The van der Waals surface area contributed by atoms with Crippen LogP contribution in [0.1, 0.15) is 31.2 Å². The lowest BCUT2D eigenvalue weighted by Crippen LogP contribution is -2.29. The molecule has 110 valence electrons. The van der Waals surface area contributed by atoms with E-state index in [0.717, 1.165) is 28.6 Å². The first-order chi connectivity index (χ1) is 10.2. The van der Waals surface area contributed by atoms with Gasteiger partial charge in [0.25, 0.3) is 0 Å². The van der Waals surface area contributed by atoms with E-state index in [1.165, 1.54) is 12.8 Å². The van der Waals surface area contributed by atoms with Crippen LogP contribution in [0, 0.1) is 5.92 Å². The van der Waals surface area contributed by atoms with E-state index in [1.807, 2.05) is 31.2 Å². The Kier molecular flexibility index (Phi) is 3.82. The van der Waals surface area contributed by atoms with Crippen LogP contribution in [-0.2, 0) is 4.79 Å². The van der Waals surface area contributed by atoms with Crippen molar-refractivity contribution in [3.05, 3.63) is 42.0 Å². The number of methoxy groups -OCH3 is 1. The van der Waals surface area contributed by atoms with Crippen molar-refractivity contribution in [1.29, 1.82) is 0 Å². The zero-order valence-corrected chi connectivity index (χ0v) is 12.6. The Hall–Kier alpha value is -2.03. The largest absolute Gasteiger partial charge is 0.497 e. The average Bonchev–Trinajstić information content (AvgIpc) is 3.35. The number of benzene rings is 2. The molecule has 21 heavy (non-hydrogen) atoms. The van der Waals surface area contributed by atoms with E-state index < -0.39 is 0 Å². The van der Waals surface area contributed by atoms with Crippen molar-refractivity contribution in [1.82, 2.24) is 5.32 Å². The lowest BCUT2D eigenvalue weighted by Gasteiger charge is -2.13. The van der Waals surface area contributed by atoms with Gasteiger partial charge in [0.15, 0.2) is 0 Å². The van der Waals surface area contributed by atoms with E-state index in [-0.39, 0.29) is 11.8 Å². The molecule has 3 rings (SSSR count). The molecule has 0 radical (unpaired) electrons. The molecule has 1 fully saturated rings. The van der Waals surface area contributed by atoms with Crippen molar-refractivity contribution in [3.8, 4) is 5.75 Å². The first-order valence-electron chi connectivity index (χ1n) is 7.53. The fraction of sp³-hybridized carbons (Fsp3) is 0.389. The second-order valence-electron chi connectivity index (χ2n) is 5.88. The van der Waals surface area contributed by atoms with Gasteiger partial charge in [-0.25, -0.2) is 0 Å². The van der Waals surface area contributed by atoms with Gasteiger partial charge >= 0.3 is 0 Å². The molecular formula is C18H21NO2. The van der Waals surface area contributed by atoms with E-state index in [0.29, 0.717) is 5.92 Å². The highest BCUT2D eigenvalue weighted by molar-refractivity contribution is 5.88. The third-order valence-electron chi connectivity index (χ3n) is 4.23. The van der Waals surface area contributed by atoms with Crippen LogP contribution < -0.4 is 10.1 Å². The van der Waals surface area contributed by atoms with Gasteiger partial charge in [-0.15, -0.1) is 0 Å². The van der Waals surface area contributed by atoms with Crippen LogP contribution >= 0.6 is 0 Å². The molecule has 0 saturated heterocycles. The highest BCUT2D eigenvalue weighted by Gasteiger charge is 2.23. The number of carbonyl (C=O) groups excluding carboxylic acids is 1. The normalized spacial score (nSPS) is 15.7. The molecule has 3 nitrogen and oxygen atoms in total. The Morgan fingerprint density at radius 2 is 1.95 bits per heavy atom. The molecule has 1 saturated carbocycles. The van der Waals surface area contributed by atoms with E-state index >= 15 is 0 Å². The summed E-state index contributed by atoms with van der Waals surface area (Å²) in [6, 6.07) is 12.2. The first kappa shape index (κ1) is 13.9. The summed E-state index contributed by atoms with van der Waals surface area (Å²) in [5.74, 6) is 1.57. The molecule has 1 aliphatic carbocycles. The summed E-state index contributed by atoms with van der Waals surface area (Å²) >= 11 is 0. The number of amides is 1. The van der Waals surface area contributed by atoms with Crippen LogP contribution in [0.5, 0.6) is 5.75 Å². The minimum Gasteiger partial charge on any atom is -0.497 e. The molecule has 2 aromatic carbocycles. The maximum atomic E-state index is 12.2. The number of hydrogen-bond acceptors (Lipinski definition) is 2. The molecule has 0 aliphatic heterocycles. The molecule has 1 N–H and O–H groups in total. The number of hydrogen-bond donors (Lipinski definition) is 1. The summed E-state index contributed by atoms with van der Waals surface area (Å²) in [6.45, 7) is 2.79. The quantitative estimate of drug-likeness (QED) is 0.912. The average molecular weight is 283 g/mol. The number of fused-ring (bicyclic) bond motifs is 1. The lowest BCUT2D eigenvalue weighted by atomic mass is 9.97. The number of rotatable bonds is 5. The molecule has 0 bridgehead atoms. The minimum absolute atomic E-state index is 0.116. The van der Waals surface area contributed by atoms with Crippen molar-refractivity contribution in [2.75, 3.05) is 13.7 Å². The van der Waals surface area contributed by atoms with Gasteiger partial charge in [-0.3, -0.25) is 4.79 Å². The van der Waals surface area contributed by atoms with E-state index in [9.17, 15) is 4.79 Å². The Morgan fingerprint density at radius 3 is 2.67 bits per heavy atom. The van der Waals surface area contributed by atoms with Gasteiger partial charge in [0.1, 0.15) is 5.75 Å². The zero-order valence-electron chi connectivity index (χ0n) is 12.6. The van der Waals surface area contributed by atoms with Gasteiger partial charge in [0.2, 0.25) is 5.91 Å². The molecule has 0 unspecified atom stereocenters. The van der Waals surface area contributed by atoms with Gasteiger partial charge in [0, 0.05) is 6.54 Å². The van der Waals surface area contributed by atoms with Crippen molar-refractivity contribution in [2.45, 2.75) is 25.7 Å². The number of ether oxygens (including phenoxy) is 1. The summed E-state index contributed by atoms with van der Waals surface area (Å²) in [5.41, 5.74) is 1.06. The third kappa shape index (κ3) is 3.18. The summed E-state index contributed by atoms with van der Waals surface area (Å²) in [4.78, 5) is 12.2. The predicted octanol–water partition coefficient (Wildman–Crippen LogP) is 3.48. The highest BCUT2D eigenvalue weighted by Crippen LogP contribution is 2.28. The number of nitrogens with one attached hydrogen (secondary N) is 1. The molecular weight excluding hydrogens is 262 g/mol. The van der Waals surface area contributed by atoms with Crippen molar-refractivity contribution in [3.63, 3.8) is 0 Å². The number of carbonyl (C=O) groups is 1. The summed E-state index contributed by atoms with van der Waals surface area (Å²) in [5, 5.41) is 5.31. The highest BCUT2D eigenvalue weighted by atomic mass is 16.5. The molecule has 1 atom stereocenters. The second-order valence-corrected chi connectivity index (χ2v) is 5.88. The fourth-order valence-corrected chi connectivity index (χ4v) is 2.51. The van der Waals surface area contributed by atoms with E-state index in [1.54, 1.807) is 7.11 Å². The van der Waals surface area contributed by atoms with Crippen LogP contribution in [0.15, 0.2) is 36.4 Å². The van der Waals surface area contributed by atoms with Gasteiger partial charge in [-0.1, -0.05) is 24.3 Å². The topological polar surface area (TPSA) is 38.3 Å². The van der Waals surface area contributed by atoms with Crippen LogP contribution in [0.2, 0.25) is 0 Å². The zero-order chi connectivity index (χ0) is 14.8. The monoisotopic (exact) mass is 283 g/mol. The van der Waals surface area contributed by atoms with Gasteiger partial charge < -0.3 is 10.1 Å². The SMILES string of the molecule is COc1ccc2cc([C@@H](C)C(=O)NCC3CC3)ccc2c1. The van der Waals surface area contributed by atoms with Gasteiger partial charge in [-0.05, 0) is 54.2 Å². The van der Waals surface area contributed by atoms with E-state index in [2.05, 4.69) is 17.4 Å². The van der Waals surface area contributed by atoms with Crippen LogP contribution in [0.4, 0.5) is 0 Å². The van der Waals surface area contributed by atoms with Crippen LogP contribution in [0.3, 0.4) is 0 Å². The molecule has 0 spiro atoms. The van der Waals surface area contributed by atoms with Gasteiger partial charge in [-0.2, -0.15) is 0 Å². The molecule has 1 aliphatic rings. The molecule has 0 aromatic heterocycles. The molecule has 0 heterocycles. The van der Waals surface area contributed by atoms with Crippen LogP contribution in [-0.4, -0.2) is 19.6 Å². The van der Waals surface area contributed by atoms with Crippen LogP contribution in [0.25, 0.3) is 10.8 Å². The second kappa shape index (κ2) is 5.76. The predicted molar refractivity (Wildman–Crippen MR) is 84.6 cm³/mol. The van der Waals surface area contributed by atoms with Gasteiger partial charge in [0.05, 0.1) is 13.0 Å². The molecule has 1 amide bonds. The maximum absolute atomic E-state index is 12.2. The standard InChI is InChI=1S/C18H21NO2/c1-12(18(20)19-11-13-3-4-13)14-5-6-16-10-17(21-2)8-7-15(16)9-14/h5-10,12-13H,3-4,11H2,1-2H3,(H,19,20)/t12-/m1/s1. The summed E-state index contributed by atoms with van der Waals surface area (Å²) < 4.78 is 5.23. The summed E-state index contributed by atoms with van der Waals surface area (Å²) in [6.07, 6.45) is 2.51. The van der Waals surface area contributed by atoms with E-state index in [4.69, 9.17) is 4.74 Å². The smallest absolute Gasteiger partial charge is 0.227 e. The summed E-state index contributed by atoms with van der Waals surface area (Å²) in [7, 11) is 1.67.